The lowest BCUT2D eigenvalue weighted by atomic mass is 9.78. The maximum atomic E-state index is 13.2. The Morgan fingerprint density at radius 3 is 1.91 bits per heavy atom. The molecule has 1 heterocycles. The number of carbonyl (C=O) groups is 4. The molecule has 0 aromatic heterocycles. The van der Waals surface area contributed by atoms with Crippen molar-refractivity contribution in [2.75, 3.05) is 13.1 Å². The van der Waals surface area contributed by atoms with Crippen LogP contribution in [-0.2, 0) is 14.4 Å². The molecule has 33 heavy (non-hydrogen) atoms. The van der Waals surface area contributed by atoms with Gasteiger partial charge in [-0.1, -0.05) is 19.3 Å². The Labute approximate surface area is 191 Å². The van der Waals surface area contributed by atoms with Crippen molar-refractivity contribution < 1.29 is 33.6 Å². The first-order chi connectivity index (χ1) is 15.7. The molecule has 0 unspecified atom stereocenters. The lowest BCUT2D eigenvalue weighted by Crippen LogP contribution is -2.41. The highest BCUT2D eigenvalue weighted by Gasteiger charge is 2.34. The fraction of sp³-hybridized carbons (Fsp3) is 0.565. The van der Waals surface area contributed by atoms with E-state index < -0.39 is 28.5 Å². The second-order valence-electron chi connectivity index (χ2n) is 8.56. The minimum absolute atomic E-state index is 0.102. The fourth-order valence-electron chi connectivity index (χ4n) is 4.60. The molecule has 10 nitrogen and oxygen atoms in total. The van der Waals surface area contributed by atoms with Crippen molar-refractivity contribution in [3.63, 3.8) is 0 Å². The van der Waals surface area contributed by atoms with E-state index in [1.807, 2.05) is 0 Å². The highest BCUT2D eigenvalue weighted by atomic mass is 16.6. The van der Waals surface area contributed by atoms with Crippen LogP contribution in [0, 0.1) is 22.0 Å². The van der Waals surface area contributed by atoms with Crippen LogP contribution in [0.25, 0.3) is 0 Å². The van der Waals surface area contributed by atoms with Crippen molar-refractivity contribution in [3.05, 3.63) is 27.8 Å². The van der Waals surface area contributed by atoms with Crippen LogP contribution in [-0.4, -0.2) is 46.5 Å². The fourth-order valence-corrected chi connectivity index (χ4v) is 4.60. The number of nitro groups is 1. The Kier molecular flexibility index (Phi) is 7.78. The summed E-state index contributed by atoms with van der Waals surface area (Å²) in [7, 11) is 0. The number of amides is 1. The van der Waals surface area contributed by atoms with Crippen molar-refractivity contribution in [2.24, 2.45) is 11.8 Å². The van der Waals surface area contributed by atoms with Crippen LogP contribution in [0.2, 0.25) is 0 Å². The van der Waals surface area contributed by atoms with Crippen molar-refractivity contribution in [1.82, 2.24) is 4.90 Å². The predicted octanol–water partition coefficient (Wildman–Crippen LogP) is 3.45. The number of benzene rings is 1. The summed E-state index contributed by atoms with van der Waals surface area (Å²) in [5.74, 6) is -2.41. The minimum Gasteiger partial charge on any atom is -0.423 e. The Morgan fingerprint density at radius 2 is 1.39 bits per heavy atom. The monoisotopic (exact) mass is 460 g/mol. The van der Waals surface area contributed by atoms with Gasteiger partial charge >= 0.3 is 11.9 Å². The first kappa shape index (κ1) is 24.3. The van der Waals surface area contributed by atoms with Gasteiger partial charge in [0, 0.05) is 44.8 Å². The molecule has 1 aromatic rings. The second kappa shape index (κ2) is 10.5. The Hall–Kier alpha value is -3.30. The van der Waals surface area contributed by atoms with Crippen LogP contribution in [0.3, 0.4) is 0 Å². The first-order valence-corrected chi connectivity index (χ1v) is 11.2. The van der Waals surface area contributed by atoms with Gasteiger partial charge in [-0.2, -0.15) is 0 Å². The van der Waals surface area contributed by atoms with Gasteiger partial charge in [0.1, 0.15) is 11.3 Å². The molecular formula is C23H28N2O8. The second-order valence-corrected chi connectivity index (χ2v) is 8.56. The Morgan fingerprint density at radius 1 is 0.879 bits per heavy atom. The molecule has 0 radical (unpaired) electrons. The third-order valence-corrected chi connectivity index (χ3v) is 6.19. The maximum Gasteiger partial charge on any atom is 0.308 e. The van der Waals surface area contributed by atoms with E-state index in [0.717, 1.165) is 51.7 Å². The smallest absolute Gasteiger partial charge is 0.308 e. The van der Waals surface area contributed by atoms with Crippen LogP contribution in [0.4, 0.5) is 5.69 Å². The zero-order chi connectivity index (χ0) is 24.1. The molecule has 1 saturated heterocycles. The van der Waals surface area contributed by atoms with Crippen molar-refractivity contribution in [2.45, 2.75) is 58.8 Å². The van der Waals surface area contributed by atoms with E-state index in [9.17, 15) is 29.3 Å². The van der Waals surface area contributed by atoms with Crippen molar-refractivity contribution in [3.8, 4) is 11.5 Å². The molecule has 3 rings (SSSR count). The maximum absolute atomic E-state index is 13.2. The number of nitro benzene ring substituents is 1. The summed E-state index contributed by atoms with van der Waals surface area (Å²) in [5, 5.41) is 11.6. The van der Waals surface area contributed by atoms with Crippen molar-refractivity contribution >= 4 is 29.3 Å². The highest BCUT2D eigenvalue weighted by molar-refractivity contribution is 5.99. The van der Waals surface area contributed by atoms with Gasteiger partial charge in [-0.25, -0.2) is 0 Å². The molecule has 1 aliphatic carbocycles. The van der Waals surface area contributed by atoms with Gasteiger partial charge in [0.15, 0.2) is 11.5 Å². The average Bonchev–Trinajstić information content (AvgIpc) is 2.79. The number of piperidine rings is 1. The molecule has 178 valence electrons. The number of Topliss-reactive ketones (excluding diaryl/α,β-unsaturated/α-hetero) is 1. The van der Waals surface area contributed by atoms with E-state index in [0.29, 0.717) is 25.9 Å². The highest BCUT2D eigenvalue weighted by Crippen LogP contribution is 2.37. The predicted molar refractivity (Wildman–Crippen MR) is 116 cm³/mol. The van der Waals surface area contributed by atoms with Crippen LogP contribution in [0.15, 0.2) is 12.1 Å². The van der Waals surface area contributed by atoms with Crippen LogP contribution in [0.1, 0.15) is 69.2 Å². The summed E-state index contributed by atoms with van der Waals surface area (Å²) < 4.78 is 9.95. The molecule has 0 bridgehead atoms. The van der Waals surface area contributed by atoms with E-state index in [-0.39, 0.29) is 34.7 Å². The van der Waals surface area contributed by atoms with Gasteiger partial charge in [0.2, 0.25) is 0 Å². The van der Waals surface area contributed by atoms with Crippen LogP contribution < -0.4 is 9.47 Å². The number of likely N-dealkylation sites (tertiary alicyclic amines) is 1. The van der Waals surface area contributed by atoms with Gasteiger partial charge in [-0.15, -0.1) is 0 Å². The zero-order valence-electron chi connectivity index (χ0n) is 18.8. The molecule has 10 heteroatoms. The van der Waals surface area contributed by atoms with E-state index >= 15 is 0 Å². The lowest BCUT2D eigenvalue weighted by molar-refractivity contribution is -0.385. The first-order valence-electron chi connectivity index (χ1n) is 11.2. The summed E-state index contributed by atoms with van der Waals surface area (Å²) in [4.78, 5) is 61.2. The van der Waals surface area contributed by atoms with Gasteiger partial charge in [0.05, 0.1) is 11.0 Å². The van der Waals surface area contributed by atoms with Crippen molar-refractivity contribution in [1.29, 1.82) is 0 Å². The molecule has 2 aliphatic rings. The molecule has 1 aliphatic heterocycles. The summed E-state index contributed by atoms with van der Waals surface area (Å²) in [6, 6.07) is 1.96. The molecule has 1 aromatic carbocycles. The number of esters is 2. The number of carbonyl (C=O) groups excluding carboxylic acids is 4. The number of nitrogens with zero attached hydrogens (tertiary/aromatic N) is 2. The third-order valence-electron chi connectivity index (χ3n) is 6.19. The largest absolute Gasteiger partial charge is 0.423 e. The van der Waals surface area contributed by atoms with E-state index in [1.54, 1.807) is 0 Å². The molecule has 2 fully saturated rings. The summed E-state index contributed by atoms with van der Waals surface area (Å²) in [6.45, 7) is 2.82. The quantitative estimate of drug-likeness (QED) is 0.273. The Balaban J connectivity index is 1.79. The van der Waals surface area contributed by atoms with Crippen LogP contribution in [0.5, 0.6) is 11.5 Å². The van der Waals surface area contributed by atoms with Crippen LogP contribution >= 0.6 is 0 Å². The number of hydrogen-bond donors (Lipinski definition) is 0. The molecule has 0 atom stereocenters. The summed E-state index contributed by atoms with van der Waals surface area (Å²) in [5.41, 5.74) is -0.836. The number of hydrogen-bond acceptors (Lipinski definition) is 8. The molecule has 1 amide bonds. The van der Waals surface area contributed by atoms with E-state index in [4.69, 9.17) is 9.47 Å². The van der Waals surface area contributed by atoms with Gasteiger partial charge in [0.25, 0.3) is 11.6 Å². The van der Waals surface area contributed by atoms with Gasteiger partial charge in [-0.05, 0) is 25.7 Å². The third kappa shape index (κ3) is 5.94. The Bertz CT molecular complexity index is 959. The number of ether oxygens (including phenoxy) is 2. The SMILES string of the molecule is CC(=O)Oc1cc(C(=O)N2CCC(C(=O)C3CCCCC3)CC2)c([N+](=O)[O-])cc1OC(C)=O. The molecule has 0 spiro atoms. The summed E-state index contributed by atoms with van der Waals surface area (Å²) >= 11 is 0. The standard InChI is InChI=1S/C23H28N2O8/c1-14(26)32-20-12-18(19(25(30)31)13-21(20)33-15(2)27)23(29)24-10-8-17(9-11-24)22(28)16-6-4-3-5-7-16/h12-13,16-17H,3-11H2,1-2H3. The number of rotatable bonds is 6. The topological polar surface area (TPSA) is 133 Å². The number of ketones is 1. The van der Waals surface area contributed by atoms with Gasteiger partial charge in [-0.3, -0.25) is 29.3 Å². The lowest BCUT2D eigenvalue weighted by Gasteiger charge is -2.33. The summed E-state index contributed by atoms with van der Waals surface area (Å²) in [6.07, 6.45) is 6.20. The molecule has 1 saturated carbocycles. The van der Waals surface area contributed by atoms with Gasteiger partial charge < -0.3 is 14.4 Å². The normalized spacial score (nSPS) is 17.3. The minimum atomic E-state index is -0.763. The molecule has 0 N–H and O–H groups in total. The van der Waals surface area contributed by atoms with E-state index in [1.165, 1.54) is 11.3 Å². The average molecular weight is 460 g/mol. The van der Waals surface area contributed by atoms with E-state index in [2.05, 4.69) is 0 Å². The zero-order valence-corrected chi connectivity index (χ0v) is 18.8. The molecular weight excluding hydrogens is 432 g/mol.